The molecule has 0 spiro atoms. The van der Waals surface area contributed by atoms with Crippen LogP contribution in [0.25, 0.3) is 0 Å². The molecule has 88 valence electrons. The van der Waals surface area contributed by atoms with Gasteiger partial charge in [-0.25, -0.2) is 0 Å². The van der Waals surface area contributed by atoms with Gasteiger partial charge in [0.1, 0.15) is 11.8 Å². The summed E-state index contributed by atoms with van der Waals surface area (Å²) in [5, 5.41) is 12.1. The van der Waals surface area contributed by atoms with Crippen molar-refractivity contribution in [1.29, 1.82) is 5.26 Å². The lowest BCUT2D eigenvalue weighted by molar-refractivity contribution is -0.123. The van der Waals surface area contributed by atoms with Crippen LogP contribution in [0.4, 0.5) is 0 Å². The second kappa shape index (κ2) is 5.07. The maximum Gasteiger partial charge on any atom is 0.258 e. The van der Waals surface area contributed by atoms with Gasteiger partial charge in [0.25, 0.3) is 5.91 Å². The highest BCUT2D eigenvalue weighted by Crippen LogP contribution is 2.23. The van der Waals surface area contributed by atoms with Crippen LogP contribution in [0, 0.1) is 11.3 Å². The van der Waals surface area contributed by atoms with Crippen LogP contribution in [0.1, 0.15) is 18.4 Å². The minimum Gasteiger partial charge on any atom is -0.482 e. The number of rotatable bonds is 4. The molecular weight excluding hydrogens is 240 g/mol. The molecule has 1 fully saturated rings. The predicted octanol–water partition coefficient (Wildman–Crippen LogP) is 1.87. The van der Waals surface area contributed by atoms with E-state index >= 15 is 0 Å². The fourth-order valence-corrected chi connectivity index (χ4v) is 1.51. The zero-order valence-corrected chi connectivity index (χ0v) is 9.83. The zero-order valence-electron chi connectivity index (χ0n) is 9.07. The molecule has 17 heavy (non-hydrogen) atoms. The van der Waals surface area contributed by atoms with Crippen LogP contribution in [0.5, 0.6) is 5.75 Å². The standard InChI is InChI=1S/C12H11ClN2O2/c13-9-2-1-8(6-14)11(5-9)17-7-12(16)15-10-3-4-10/h1-2,5,10H,3-4,7H2,(H,15,16). The van der Waals surface area contributed by atoms with Crippen LogP contribution >= 0.6 is 11.6 Å². The van der Waals surface area contributed by atoms with Crippen LogP contribution < -0.4 is 10.1 Å². The molecule has 1 aliphatic carbocycles. The summed E-state index contributed by atoms with van der Waals surface area (Å²) in [5.41, 5.74) is 0.369. The minimum atomic E-state index is -0.170. The molecular formula is C12H11ClN2O2. The van der Waals surface area contributed by atoms with E-state index in [9.17, 15) is 4.79 Å². The summed E-state index contributed by atoms with van der Waals surface area (Å²) in [6.45, 7) is -0.0917. The van der Waals surface area contributed by atoms with E-state index in [0.29, 0.717) is 22.4 Å². The second-order valence-corrected chi connectivity index (χ2v) is 4.32. The Morgan fingerprint density at radius 2 is 2.35 bits per heavy atom. The van der Waals surface area contributed by atoms with Gasteiger partial charge in [-0.05, 0) is 25.0 Å². The first-order chi connectivity index (χ1) is 8.19. The first-order valence-corrected chi connectivity index (χ1v) is 5.68. The minimum absolute atomic E-state index is 0.0917. The molecule has 0 radical (unpaired) electrons. The summed E-state index contributed by atoms with van der Waals surface area (Å²) in [4.78, 5) is 11.4. The van der Waals surface area contributed by atoms with Gasteiger partial charge in [0.05, 0.1) is 5.56 Å². The van der Waals surface area contributed by atoms with E-state index in [1.807, 2.05) is 6.07 Å². The number of hydrogen-bond acceptors (Lipinski definition) is 3. The Morgan fingerprint density at radius 3 is 3.00 bits per heavy atom. The average molecular weight is 251 g/mol. The van der Waals surface area contributed by atoms with Gasteiger partial charge in [0, 0.05) is 17.1 Å². The normalized spacial score (nSPS) is 13.9. The van der Waals surface area contributed by atoms with Crippen molar-refractivity contribution in [3.8, 4) is 11.8 Å². The summed E-state index contributed by atoms with van der Waals surface area (Å²) in [7, 11) is 0. The van der Waals surface area contributed by atoms with Gasteiger partial charge in [0.2, 0.25) is 0 Å². The van der Waals surface area contributed by atoms with E-state index in [-0.39, 0.29) is 12.5 Å². The molecule has 0 bridgehead atoms. The van der Waals surface area contributed by atoms with Gasteiger partial charge in [-0.3, -0.25) is 4.79 Å². The highest BCUT2D eigenvalue weighted by molar-refractivity contribution is 6.30. The smallest absolute Gasteiger partial charge is 0.258 e. The molecule has 1 aromatic carbocycles. The number of amides is 1. The zero-order chi connectivity index (χ0) is 12.3. The third-order valence-electron chi connectivity index (χ3n) is 2.37. The highest BCUT2D eigenvalue weighted by Gasteiger charge is 2.23. The Balaban J connectivity index is 1.95. The number of nitriles is 1. The van der Waals surface area contributed by atoms with Crippen molar-refractivity contribution in [1.82, 2.24) is 5.32 Å². The Bertz CT molecular complexity index is 478. The topological polar surface area (TPSA) is 62.1 Å². The van der Waals surface area contributed by atoms with Crippen molar-refractivity contribution in [2.24, 2.45) is 0 Å². The van der Waals surface area contributed by atoms with E-state index < -0.39 is 0 Å². The van der Waals surface area contributed by atoms with Crippen molar-refractivity contribution < 1.29 is 9.53 Å². The van der Waals surface area contributed by atoms with E-state index in [1.54, 1.807) is 12.1 Å². The van der Waals surface area contributed by atoms with Crippen LogP contribution in [-0.4, -0.2) is 18.6 Å². The number of nitrogens with zero attached hydrogens (tertiary/aromatic N) is 1. The maximum atomic E-state index is 11.4. The fraction of sp³-hybridized carbons (Fsp3) is 0.333. The van der Waals surface area contributed by atoms with E-state index in [4.69, 9.17) is 21.6 Å². The molecule has 0 saturated heterocycles. The van der Waals surface area contributed by atoms with Crippen molar-refractivity contribution in [3.05, 3.63) is 28.8 Å². The molecule has 4 nitrogen and oxygen atoms in total. The molecule has 1 amide bonds. The SMILES string of the molecule is N#Cc1ccc(Cl)cc1OCC(=O)NC1CC1. The van der Waals surface area contributed by atoms with E-state index in [2.05, 4.69) is 5.32 Å². The average Bonchev–Trinajstić information content (AvgIpc) is 3.10. The predicted molar refractivity (Wildman–Crippen MR) is 62.8 cm³/mol. The molecule has 0 unspecified atom stereocenters. The summed E-state index contributed by atoms with van der Waals surface area (Å²) < 4.78 is 5.28. The van der Waals surface area contributed by atoms with Crippen LogP contribution in [-0.2, 0) is 4.79 Å². The number of carbonyl (C=O) groups is 1. The first-order valence-electron chi connectivity index (χ1n) is 5.31. The molecule has 0 aromatic heterocycles. The van der Waals surface area contributed by atoms with Gasteiger partial charge in [0.15, 0.2) is 6.61 Å². The van der Waals surface area contributed by atoms with E-state index in [0.717, 1.165) is 12.8 Å². The lowest BCUT2D eigenvalue weighted by atomic mass is 10.2. The molecule has 1 aromatic rings. The molecule has 0 aliphatic heterocycles. The number of carbonyl (C=O) groups excluding carboxylic acids is 1. The van der Waals surface area contributed by atoms with Crippen LogP contribution in [0.15, 0.2) is 18.2 Å². The maximum absolute atomic E-state index is 11.4. The molecule has 1 N–H and O–H groups in total. The molecule has 5 heteroatoms. The lowest BCUT2D eigenvalue weighted by Gasteiger charge is -2.08. The quantitative estimate of drug-likeness (QED) is 0.887. The third-order valence-corrected chi connectivity index (χ3v) is 2.60. The number of hydrogen-bond donors (Lipinski definition) is 1. The summed E-state index contributed by atoms with van der Waals surface area (Å²) >= 11 is 5.79. The van der Waals surface area contributed by atoms with Crippen molar-refractivity contribution in [2.75, 3.05) is 6.61 Å². The lowest BCUT2D eigenvalue weighted by Crippen LogP contribution is -2.30. The van der Waals surface area contributed by atoms with Gasteiger partial charge in [-0.15, -0.1) is 0 Å². The first kappa shape index (κ1) is 11.7. The van der Waals surface area contributed by atoms with Crippen molar-refractivity contribution in [3.63, 3.8) is 0 Å². The number of benzene rings is 1. The second-order valence-electron chi connectivity index (χ2n) is 3.88. The Hall–Kier alpha value is -1.73. The highest BCUT2D eigenvalue weighted by atomic mass is 35.5. The number of halogens is 1. The summed E-state index contributed by atoms with van der Waals surface area (Å²) in [6, 6.07) is 7.00. The Morgan fingerprint density at radius 1 is 1.59 bits per heavy atom. The number of nitrogens with one attached hydrogen (secondary N) is 1. The monoisotopic (exact) mass is 250 g/mol. The molecule has 0 heterocycles. The summed E-state index contributed by atoms with van der Waals surface area (Å²) in [5.74, 6) is 0.169. The molecule has 1 aliphatic rings. The Kier molecular flexibility index (Phi) is 3.50. The molecule has 1 saturated carbocycles. The van der Waals surface area contributed by atoms with Gasteiger partial charge in [-0.1, -0.05) is 11.6 Å². The van der Waals surface area contributed by atoms with Crippen LogP contribution in [0.2, 0.25) is 5.02 Å². The van der Waals surface area contributed by atoms with Crippen LogP contribution in [0.3, 0.4) is 0 Å². The largest absolute Gasteiger partial charge is 0.482 e. The van der Waals surface area contributed by atoms with Gasteiger partial charge in [-0.2, -0.15) is 5.26 Å². The van der Waals surface area contributed by atoms with Gasteiger partial charge < -0.3 is 10.1 Å². The fourth-order valence-electron chi connectivity index (χ4n) is 1.35. The van der Waals surface area contributed by atoms with Gasteiger partial charge >= 0.3 is 0 Å². The molecule has 0 atom stereocenters. The summed E-state index contributed by atoms with van der Waals surface area (Å²) in [6.07, 6.45) is 2.07. The third kappa shape index (κ3) is 3.36. The van der Waals surface area contributed by atoms with Crippen molar-refractivity contribution >= 4 is 17.5 Å². The number of ether oxygens (including phenoxy) is 1. The molecule has 2 rings (SSSR count). The van der Waals surface area contributed by atoms with Crippen molar-refractivity contribution in [2.45, 2.75) is 18.9 Å². The Labute approximate surface area is 104 Å². The van der Waals surface area contributed by atoms with E-state index in [1.165, 1.54) is 6.07 Å².